The third-order valence-corrected chi connectivity index (χ3v) is 7.65. The number of amides is 2. The number of unbranched alkanes of at least 4 members (excludes halogenated alkanes) is 1. The van der Waals surface area contributed by atoms with Crippen LogP contribution in [0, 0.1) is 0 Å². The van der Waals surface area contributed by atoms with Crippen LogP contribution in [0.25, 0.3) is 5.69 Å². The Bertz CT molecular complexity index is 1500. The molecule has 0 aliphatic carbocycles. The molecule has 1 aliphatic heterocycles. The average Bonchev–Trinajstić information content (AvgIpc) is 3.51. The summed E-state index contributed by atoms with van der Waals surface area (Å²) in [4.78, 5) is 31.5. The second-order valence-corrected chi connectivity index (χ2v) is 10.2. The lowest BCUT2D eigenvalue weighted by molar-refractivity contribution is -0.135. The largest absolute Gasteiger partial charge is 0.497 e. The van der Waals surface area contributed by atoms with Crippen molar-refractivity contribution in [2.24, 2.45) is 0 Å². The number of para-hydroxylation sites is 2. The number of hydrogen-bond acceptors (Lipinski definition) is 4. The summed E-state index contributed by atoms with van der Waals surface area (Å²) in [5.74, 6) is 1.16. The number of hydrogen-bond donors (Lipinski definition) is 0. The van der Waals surface area contributed by atoms with Gasteiger partial charge in [-0.1, -0.05) is 55.8 Å². The van der Waals surface area contributed by atoms with Crippen molar-refractivity contribution in [2.45, 2.75) is 38.6 Å². The quantitative estimate of drug-likeness (QED) is 0.223. The molecule has 1 aromatic heterocycles. The predicted molar refractivity (Wildman–Crippen MR) is 161 cm³/mol. The van der Waals surface area contributed by atoms with Crippen LogP contribution in [0.15, 0.2) is 91.1 Å². The number of anilines is 1. The molecule has 1 aliphatic rings. The van der Waals surface area contributed by atoms with Gasteiger partial charge in [0.25, 0.3) is 0 Å². The highest BCUT2D eigenvalue weighted by atomic mass is 16.5. The molecule has 2 amide bonds. The second-order valence-electron chi connectivity index (χ2n) is 10.2. The van der Waals surface area contributed by atoms with Gasteiger partial charge in [0.05, 0.1) is 31.3 Å². The van der Waals surface area contributed by atoms with E-state index in [0.29, 0.717) is 30.9 Å². The normalized spacial score (nSPS) is 13.7. The van der Waals surface area contributed by atoms with Gasteiger partial charge in [-0.3, -0.25) is 14.5 Å². The number of nitrogens with zero attached hydrogens (tertiary/aromatic N) is 3. The molecule has 212 valence electrons. The van der Waals surface area contributed by atoms with E-state index >= 15 is 0 Å². The molecule has 0 N–H and O–H groups in total. The molecule has 4 aromatic rings. The van der Waals surface area contributed by atoms with E-state index < -0.39 is 6.04 Å². The highest BCUT2D eigenvalue weighted by Crippen LogP contribution is 2.45. The SMILES string of the molecule is CCCCN(CC(=O)N1c2ccccc2-n2cccc2C1c1cc(OC)ccc1OC)C(=O)CCc1ccccc1. The van der Waals surface area contributed by atoms with Gasteiger partial charge in [0.1, 0.15) is 24.1 Å². The minimum atomic E-state index is -0.482. The maximum Gasteiger partial charge on any atom is 0.247 e. The standard InChI is InChI=1S/C34H37N3O4/c1-4-5-21-35(32(38)20-17-25-12-7-6-8-13-25)24-33(39)37-29-15-10-9-14-28(29)36-22-11-16-30(36)34(37)27-23-26(40-2)18-19-31(27)41-3/h6-16,18-19,22-23,34H,4-5,17,20-21,24H2,1-3H3. The van der Waals surface area contributed by atoms with Crippen LogP contribution >= 0.6 is 0 Å². The molecule has 0 bridgehead atoms. The van der Waals surface area contributed by atoms with E-state index in [1.54, 1.807) is 19.1 Å². The summed E-state index contributed by atoms with van der Waals surface area (Å²) in [5.41, 5.74) is 4.54. The third-order valence-electron chi connectivity index (χ3n) is 7.65. The van der Waals surface area contributed by atoms with Gasteiger partial charge in [0.2, 0.25) is 11.8 Å². The van der Waals surface area contributed by atoms with Gasteiger partial charge in [-0.15, -0.1) is 0 Å². The van der Waals surface area contributed by atoms with Crippen molar-refractivity contribution < 1.29 is 19.1 Å². The Hall–Kier alpha value is -4.52. The minimum Gasteiger partial charge on any atom is -0.497 e. The fourth-order valence-electron chi connectivity index (χ4n) is 5.54. The van der Waals surface area contributed by atoms with Gasteiger partial charge >= 0.3 is 0 Å². The summed E-state index contributed by atoms with van der Waals surface area (Å²) in [6.45, 7) is 2.62. The highest BCUT2D eigenvalue weighted by Gasteiger charge is 2.38. The van der Waals surface area contributed by atoms with Crippen LogP contribution in [0.5, 0.6) is 11.5 Å². The van der Waals surface area contributed by atoms with E-state index in [1.165, 1.54) is 0 Å². The van der Waals surface area contributed by atoms with Crippen LogP contribution in [-0.2, 0) is 16.0 Å². The molecule has 7 nitrogen and oxygen atoms in total. The Balaban J connectivity index is 1.52. The Labute approximate surface area is 241 Å². The van der Waals surface area contributed by atoms with E-state index in [2.05, 4.69) is 11.5 Å². The number of ether oxygens (including phenoxy) is 2. The first-order valence-electron chi connectivity index (χ1n) is 14.2. The molecule has 5 rings (SSSR count). The third kappa shape index (κ3) is 5.85. The van der Waals surface area contributed by atoms with E-state index in [0.717, 1.165) is 41.0 Å². The molecule has 0 fully saturated rings. The van der Waals surface area contributed by atoms with Crippen molar-refractivity contribution in [3.05, 3.63) is 108 Å². The molecule has 0 radical (unpaired) electrons. The summed E-state index contributed by atoms with van der Waals surface area (Å²) in [6.07, 6.45) is 4.77. The first kappa shape index (κ1) is 28.0. The van der Waals surface area contributed by atoms with Gasteiger partial charge in [-0.2, -0.15) is 0 Å². The first-order valence-corrected chi connectivity index (χ1v) is 14.2. The first-order chi connectivity index (χ1) is 20.0. The molecule has 2 heterocycles. The Kier molecular flexibility index (Phi) is 8.73. The maximum absolute atomic E-state index is 14.4. The summed E-state index contributed by atoms with van der Waals surface area (Å²) in [6, 6.07) is 27.0. The lowest BCUT2D eigenvalue weighted by Crippen LogP contribution is -2.47. The van der Waals surface area contributed by atoms with Gasteiger partial charge in [-0.25, -0.2) is 0 Å². The van der Waals surface area contributed by atoms with Crippen molar-refractivity contribution in [3.63, 3.8) is 0 Å². The molecule has 41 heavy (non-hydrogen) atoms. The van der Waals surface area contributed by atoms with Crippen LogP contribution in [0.2, 0.25) is 0 Å². The van der Waals surface area contributed by atoms with E-state index in [9.17, 15) is 9.59 Å². The molecule has 3 aromatic carbocycles. The fourth-order valence-corrected chi connectivity index (χ4v) is 5.54. The molecule has 0 saturated carbocycles. The van der Waals surface area contributed by atoms with Crippen LogP contribution in [0.3, 0.4) is 0 Å². The summed E-state index contributed by atoms with van der Waals surface area (Å²) in [7, 11) is 3.26. The molecule has 7 heteroatoms. The number of fused-ring (bicyclic) bond motifs is 3. The monoisotopic (exact) mass is 551 g/mol. The van der Waals surface area contributed by atoms with Crippen molar-refractivity contribution in [2.75, 3.05) is 32.2 Å². The van der Waals surface area contributed by atoms with Crippen molar-refractivity contribution >= 4 is 17.5 Å². The van der Waals surface area contributed by atoms with Crippen molar-refractivity contribution in [3.8, 4) is 17.2 Å². The molecule has 1 unspecified atom stereocenters. The molecular formula is C34H37N3O4. The number of aromatic nitrogens is 1. The van der Waals surface area contributed by atoms with Crippen LogP contribution in [0.4, 0.5) is 5.69 Å². The van der Waals surface area contributed by atoms with Crippen LogP contribution in [0.1, 0.15) is 49.0 Å². The summed E-state index contributed by atoms with van der Waals surface area (Å²) >= 11 is 0. The number of aryl methyl sites for hydroxylation is 1. The minimum absolute atomic E-state index is 0.00848. The Morgan fingerprint density at radius 3 is 2.37 bits per heavy atom. The van der Waals surface area contributed by atoms with Gasteiger partial charge in [0, 0.05) is 24.7 Å². The van der Waals surface area contributed by atoms with Gasteiger partial charge in [0.15, 0.2) is 0 Å². The Morgan fingerprint density at radius 1 is 0.878 bits per heavy atom. The van der Waals surface area contributed by atoms with Crippen molar-refractivity contribution in [1.29, 1.82) is 0 Å². The number of carbonyl (C=O) groups is 2. The van der Waals surface area contributed by atoms with Gasteiger partial charge in [-0.05, 0) is 60.9 Å². The van der Waals surface area contributed by atoms with Crippen LogP contribution in [-0.4, -0.2) is 48.6 Å². The lowest BCUT2D eigenvalue weighted by atomic mass is 9.96. The number of carbonyl (C=O) groups excluding carboxylic acids is 2. The maximum atomic E-state index is 14.4. The molecule has 0 saturated heterocycles. The highest BCUT2D eigenvalue weighted by molar-refractivity contribution is 6.00. The van der Waals surface area contributed by atoms with Gasteiger partial charge < -0.3 is 18.9 Å². The zero-order valence-electron chi connectivity index (χ0n) is 24.0. The van der Waals surface area contributed by atoms with E-state index in [-0.39, 0.29) is 18.4 Å². The predicted octanol–water partition coefficient (Wildman–Crippen LogP) is 6.19. The lowest BCUT2D eigenvalue weighted by Gasteiger charge is -2.40. The number of benzene rings is 3. The topological polar surface area (TPSA) is 64.0 Å². The second kappa shape index (κ2) is 12.8. The zero-order chi connectivity index (χ0) is 28.8. The zero-order valence-corrected chi connectivity index (χ0v) is 24.0. The Morgan fingerprint density at radius 2 is 1.63 bits per heavy atom. The van der Waals surface area contributed by atoms with Crippen molar-refractivity contribution in [1.82, 2.24) is 9.47 Å². The number of methoxy groups -OCH3 is 2. The van der Waals surface area contributed by atoms with E-state index in [1.807, 2.05) is 96.0 Å². The molecule has 1 atom stereocenters. The molecule has 0 spiro atoms. The van der Waals surface area contributed by atoms with Crippen LogP contribution < -0.4 is 14.4 Å². The molecular weight excluding hydrogens is 514 g/mol. The summed E-state index contributed by atoms with van der Waals surface area (Å²) in [5, 5.41) is 0. The number of rotatable bonds is 11. The summed E-state index contributed by atoms with van der Waals surface area (Å²) < 4.78 is 13.5. The fraction of sp³-hybridized carbons (Fsp3) is 0.294. The van der Waals surface area contributed by atoms with E-state index in [4.69, 9.17) is 9.47 Å². The smallest absolute Gasteiger partial charge is 0.247 e. The average molecular weight is 552 g/mol.